The first-order valence-electron chi connectivity index (χ1n) is 11.4. The number of benzene rings is 3. The lowest BCUT2D eigenvalue weighted by Gasteiger charge is -2.30. The second kappa shape index (κ2) is 11.1. The first-order valence-corrected chi connectivity index (χ1v) is 14.1. The maximum absolute atomic E-state index is 13.9. The Morgan fingerprint density at radius 2 is 1.91 bits per heavy atom. The summed E-state index contributed by atoms with van der Waals surface area (Å²) < 4.78 is 15.9. The van der Waals surface area contributed by atoms with E-state index < -0.39 is 11.0 Å². The van der Waals surface area contributed by atoms with Crippen molar-refractivity contribution in [1.82, 2.24) is 4.31 Å². The highest BCUT2D eigenvalue weighted by Crippen LogP contribution is 2.43. The molecule has 4 rings (SSSR count). The molecule has 0 amide bonds. The van der Waals surface area contributed by atoms with Gasteiger partial charge in [-0.05, 0) is 66.3 Å². The van der Waals surface area contributed by atoms with Crippen molar-refractivity contribution in [1.29, 1.82) is 0 Å². The Hall–Kier alpha value is -2.12. The zero-order valence-electron chi connectivity index (χ0n) is 19.7. The Balaban J connectivity index is 1.92. The molecule has 4 nitrogen and oxygen atoms in total. The SMILES string of the molecule is CCCCC1CN(c2ccccc2)c2cc(SC)c(-c3cc(Cl)cc(C=O)c3)cc2S(=O)N1C. The van der Waals surface area contributed by atoms with E-state index in [1.807, 2.05) is 54.0 Å². The standard InChI is InChI=1S/C27H29ClN2O2S2/c1-4-5-9-23-17-30(22-10-7-6-8-11-22)25-16-26(33-3)24(15-27(25)34(32)29(23)2)20-12-19(18-31)13-21(28)14-20/h6-8,10-16,18,23H,4-5,9,17H2,1-3H3. The molecule has 0 aromatic heterocycles. The molecule has 0 radical (unpaired) electrons. The average molecular weight is 513 g/mol. The molecule has 34 heavy (non-hydrogen) atoms. The third kappa shape index (κ3) is 5.10. The van der Waals surface area contributed by atoms with Crippen LogP contribution in [-0.4, -0.2) is 40.7 Å². The van der Waals surface area contributed by atoms with E-state index in [0.717, 1.165) is 64.4 Å². The lowest BCUT2D eigenvalue weighted by Crippen LogP contribution is -2.38. The van der Waals surface area contributed by atoms with Gasteiger partial charge in [-0.2, -0.15) is 0 Å². The van der Waals surface area contributed by atoms with E-state index in [1.54, 1.807) is 17.8 Å². The number of rotatable bonds is 7. The fourth-order valence-electron chi connectivity index (χ4n) is 4.41. The number of anilines is 2. The van der Waals surface area contributed by atoms with Crippen molar-refractivity contribution < 1.29 is 9.00 Å². The van der Waals surface area contributed by atoms with Gasteiger partial charge in [0, 0.05) is 40.8 Å². The zero-order chi connectivity index (χ0) is 24.2. The Kier molecular flexibility index (Phi) is 8.14. The normalized spacial score (nSPS) is 18.4. The number of hydrogen-bond donors (Lipinski definition) is 0. The van der Waals surface area contributed by atoms with Gasteiger partial charge in [0.05, 0.1) is 10.6 Å². The van der Waals surface area contributed by atoms with Gasteiger partial charge in [-0.1, -0.05) is 49.6 Å². The minimum absolute atomic E-state index is 0.155. The molecule has 0 saturated carbocycles. The molecule has 0 bridgehead atoms. The van der Waals surface area contributed by atoms with Crippen LogP contribution >= 0.6 is 23.4 Å². The van der Waals surface area contributed by atoms with Gasteiger partial charge in [-0.25, -0.2) is 8.51 Å². The van der Waals surface area contributed by atoms with Crippen LogP contribution in [0.15, 0.2) is 70.5 Å². The van der Waals surface area contributed by atoms with E-state index >= 15 is 0 Å². The number of para-hydroxylation sites is 1. The van der Waals surface area contributed by atoms with Crippen LogP contribution in [0.1, 0.15) is 36.5 Å². The van der Waals surface area contributed by atoms with E-state index in [4.69, 9.17) is 11.6 Å². The number of thioether (sulfide) groups is 1. The van der Waals surface area contributed by atoms with Crippen LogP contribution in [-0.2, 0) is 11.0 Å². The molecule has 178 valence electrons. The van der Waals surface area contributed by atoms with Crippen molar-refractivity contribution in [3.05, 3.63) is 71.2 Å². The van der Waals surface area contributed by atoms with Crippen molar-refractivity contribution in [2.75, 3.05) is 24.7 Å². The number of carbonyl (C=O) groups excluding carboxylic acids is 1. The molecule has 1 aliphatic heterocycles. The van der Waals surface area contributed by atoms with Gasteiger partial charge in [-0.3, -0.25) is 4.79 Å². The molecule has 3 aromatic carbocycles. The fraction of sp³-hybridized carbons (Fsp3) is 0.296. The predicted molar refractivity (Wildman–Crippen MR) is 145 cm³/mol. The summed E-state index contributed by atoms with van der Waals surface area (Å²) in [7, 11) is 0.627. The zero-order valence-corrected chi connectivity index (χ0v) is 22.1. The van der Waals surface area contributed by atoms with E-state index in [-0.39, 0.29) is 6.04 Å². The number of halogens is 1. The molecular formula is C27H29ClN2O2S2. The summed E-state index contributed by atoms with van der Waals surface area (Å²) in [6, 6.07) is 20.0. The highest BCUT2D eigenvalue weighted by Gasteiger charge is 2.32. The van der Waals surface area contributed by atoms with Gasteiger partial charge < -0.3 is 4.90 Å². The molecule has 7 heteroatoms. The molecule has 1 heterocycles. The maximum Gasteiger partial charge on any atom is 0.150 e. The lowest BCUT2D eigenvalue weighted by atomic mass is 10.0. The number of unbranched alkanes of at least 4 members (excludes halogenated alkanes) is 1. The van der Waals surface area contributed by atoms with Crippen LogP contribution in [0.5, 0.6) is 0 Å². The van der Waals surface area contributed by atoms with Gasteiger partial charge in [0.25, 0.3) is 0 Å². The van der Waals surface area contributed by atoms with E-state index in [2.05, 4.69) is 30.0 Å². The lowest BCUT2D eigenvalue weighted by molar-refractivity contribution is 0.112. The molecule has 0 saturated heterocycles. The second-order valence-corrected chi connectivity index (χ2v) is 11.2. The number of nitrogens with zero attached hydrogens (tertiary/aromatic N) is 2. The van der Waals surface area contributed by atoms with Gasteiger partial charge >= 0.3 is 0 Å². The maximum atomic E-state index is 13.9. The topological polar surface area (TPSA) is 40.6 Å². The summed E-state index contributed by atoms with van der Waals surface area (Å²) in [6.07, 6.45) is 6.01. The van der Waals surface area contributed by atoms with Gasteiger partial charge in [-0.15, -0.1) is 11.8 Å². The van der Waals surface area contributed by atoms with Gasteiger partial charge in [0.1, 0.15) is 17.3 Å². The minimum Gasteiger partial charge on any atom is -0.339 e. The van der Waals surface area contributed by atoms with Crippen LogP contribution < -0.4 is 4.90 Å². The summed E-state index contributed by atoms with van der Waals surface area (Å²) in [5.74, 6) is 0. The minimum atomic E-state index is -1.33. The van der Waals surface area contributed by atoms with E-state index in [0.29, 0.717) is 10.6 Å². The molecule has 2 atom stereocenters. The monoisotopic (exact) mass is 512 g/mol. The number of aldehydes is 1. The Morgan fingerprint density at radius 3 is 2.59 bits per heavy atom. The van der Waals surface area contributed by atoms with Crippen LogP contribution in [0.4, 0.5) is 11.4 Å². The molecule has 0 aliphatic carbocycles. The highest BCUT2D eigenvalue weighted by atomic mass is 35.5. The van der Waals surface area contributed by atoms with Crippen molar-refractivity contribution in [3.8, 4) is 11.1 Å². The number of hydrogen-bond acceptors (Lipinski definition) is 4. The number of fused-ring (bicyclic) bond motifs is 1. The van der Waals surface area contributed by atoms with Crippen LogP contribution in [0.3, 0.4) is 0 Å². The van der Waals surface area contributed by atoms with Crippen molar-refractivity contribution >= 4 is 52.0 Å². The summed E-state index contributed by atoms with van der Waals surface area (Å²) >= 11 is 7.96. The predicted octanol–water partition coefficient (Wildman–Crippen LogP) is 7.21. The largest absolute Gasteiger partial charge is 0.339 e. The first kappa shape index (κ1) is 25.0. The second-order valence-electron chi connectivity index (χ2n) is 8.45. The third-order valence-electron chi connectivity index (χ3n) is 6.26. The molecule has 0 N–H and O–H groups in total. The van der Waals surface area contributed by atoms with Crippen LogP contribution in [0.25, 0.3) is 11.1 Å². The molecule has 3 aromatic rings. The Labute approximate surface area is 213 Å². The summed E-state index contributed by atoms with van der Waals surface area (Å²) in [6.45, 7) is 2.95. The number of likely N-dealkylation sites (N-methyl/N-ethyl adjacent to an activating group) is 1. The summed E-state index contributed by atoms with van der Waals surface area (Å²) in [5, 5.41) is 0.505. The Morgan fingerprint density at radius 1 is 1.15 bits per heavy atom. The first-order chi connectivity index (χ1) is 16.5. The third-order valence-corrected chi connectivity index (χ3v) is 8.78. The van der Waals surface area contributed by atoms with Crippen LogP contribution in [0, 0.1) is 0 Å². The summed E-state index contributed by atoms with van der Waals surface area (Å²) in [5.41, 5.74) is 4.34. The van der Waals surface area contributed by atoms with E-state index in [1.165, 1.54) is 0 Å². The van der Waals surface area contributed by atoms with Crippen molar-refractivity contribution in [2.24, 2.45) is 0 Å². The molecular weight excluding hydrogens is 484 g/mol. The summed E-state index contributed by atoms with van der Waals surface area (Å²) in [4.78, 5) is 15.6. The smallest absolute Gasteiger partial charge is 0.150 e. The van der Waals surface area contributed by atoms with E-state index in [9.17, 15) is 9.00 Å². The van der Waals surface area contributed by atoms with Crippen LogP contribution in [0.2, 0.25) is 5.02 Å². The number of carbonyl (C=O) groups is 1. The van der Waals surface area contributed by atoms with Crippen molar-refractivity contribution in [2.45, 2.75) is 42.0 Å². The van der Waals surface area contributed by atoms with Crippen molar-refractivity contribution in [3.63, 3.8) is 0 Å². The fourth-order valence-corrected chi connectivity index (χ4v) is 6.60. The molecule has 0 spiro atoms. The average Bonchev–Trinajstić information content (AvgIpc) is 2.96. The quantitative estimate of drug-likeness (QED) is 0.248. The molecule has 0 fully saturated rings. The van der Waals surface area contributed by atoms with Gasteiger partial charge in [0.2, 0.25) is 0 Å². The highest BCUT2D eigenvalue weighted by molar-refractivity contribution is 7.98. The molecule has 1 aliphatic rings. The Bertz CT molecular complexity index is 1200. The van der Waals surface area contributed by atoms with Gasteiger partial charge in [0.15, 0.2) is 0 Å². The molecule has 2 unspecified atom stereocenters.